The summed E-state index contributed by atoms with van der Waals surface area (Å²) >= 11 is 0. The highest BCUT2D eigenvalue weighted by Gasteiger charge is 2.36. The number of ether oxygens (including phenoxy) is 2. The van der Waals surface area contributed by atoms with Crippen molar-refractivity contribution < 1.29 is 24.1 Å². The van der Waals surface area contributed by atoms with Crippen molar-refractivity contribution in [3.63, 3.8) is 0 Å². The number of aliphatic hydroxyl groups excluding tert-OH is 1. The van der Waals surface area contributed by atoms with Crippen LogP contribution in [0.4, 0.5) is 4.39 Å². The Morgan fingerprint density at radius 1 is 1.47 bits per heavy atom. The van der Waals surface area contributed by atoms with Crippen molar-refractivity contribution in [1.82, 2.24) is 0 Å². The van der Waals surface area contributed by atoms with E-state index in [4.69, 9.17) is 9.47 Å². The Balaban J connectivity index is 1.90. The van der Waals surface area contributed by atoms with E-state index in [-0.39, 0.29) is 11.9 Å². The van der Waals surface area contributed by atoms with E-state index in [0.29, 0.717) is 25.0 Å². The first-order valence-electron chi connectivity index (χ1n) is 6.34. The number of phenols is 1. The predicted molar refractivity (Wildman–Crippen MR) is 67.3 cm³/mol. The average Bonchev–Trinajstić information content (AvgIpc) is 2.70. The fourth-order valence-electron chi connectivity index (χ4n) is 2.15. The van der Waals surface area contributed by atoms with E-state index in [2.05, 4.69) is 0 Å². The third kappa shape index (κ3) is 3.65. The zero-order chi connectivity index (χ0) is 14.0. The molecule has 0 aliphatic carbocycles. The number of phenolic OH excluding ortho intramolecular Hbond substituents is 1. The lowest BCUT2D eigenvalue weighted by Crippen LogP contribution is -2.31. The van der Waals surface area contributed by atoms with Crippen LogP contribution >= 0.6 is 0 Å². The molecule has 0 radical (unpaired) electrons. The SMILES string of the molecule is CC1(C)OC[C@@H](C(O)CCc2cc(F)ccc2O)O1. The molecule has 0 saturated carbocycles. The summed E-state index contributed by atoms with van der Waals surface area (Å²) in [6, 6.07) is 3.79. The Morgan fingerprint density at radius 2 is 2.21 bits per heavy atom. The predicted octanol–water partition coefficient (Wildman–Crippen LogP) is 1.98. The van der Waals surface area contributed by atoms with Gasteiger partial charge in [0, 0.05) is 0 Å². The number of aliphatic hydroxyl groups is 1. The van der Waals surface area contributed by atoms with Crippen LogP contribution in [0.1, 0.15) is 25.8 Å². The van der Waals surface area contributed by atoms with Gasteiger partial charge in [-0.3, -0.25) is 0 Å². The van der Waals surface area contributed by atoms with Gasteiger partial charge in [-0.1, -0.05) is 0 Å². The molecule has 1 fully saturated rings. The van der Waals surface area contributed by atoms with Gasteiger partial charge in [-0.25, -0.2) is 4.39 Å². The number of benzene rings is 1. The van der Waals surface area contributed by atoms with Crippen LogP contribution < -0.4 is 0 Å². The van der Waals surface area contributed by atoms with Gasteiger partial charge >= 0.3 is 0 Å². The van der Waals surface area contributed by atoms with Crippen LogP contribution in [0.5, 0.6) is 5.75 Å². The molecule has 1 aliphatic rings. The third-order valence-electron chi connectivity index (χ3n) is 3.21. The average molecular weight is 270 g/mol. The maximum absolute atomic E-state index is 13.1. The van der Waals surface area contributed by atoms with Crippen LogP contribution in [0, 0.1) is 5.82 Å². The summed E-state index contributed by atoms with van der Waals surface area (Å²) in [6.07, 6.45) is -0.332. The Labute approximate surface area is 111 Å². The fraction of sp³-hybridized carbons (Fsp3) is 0.571. The van der Waals surface area contributed by atoms with Crippen LogP contribution in [0.3, 0.4) is 0 Å². The summed E-state index contributed by atoms with van der Waals surface area (Å²) in [4.78, 5) is 0. The van der Waals surface area contributed by atoms with Crippen LogP contribution in [-0.2, 0) is 15.9 Å². The topological polar surface area (TPSA) is 58.9 Å². The summed E-state index contributed by atoms with van der Waals surface area (Å²) < 4.78 is 24.0. The second-order valence-electron chi connectivity index (χ2n) is 5.25. The summed E-state index contributed by atoms with van der Waals surface area (Å²) in [5.74, 6) is -1.03. The molecule has 2 rings (SSSR count). The van der Waals surface area contributed by atoms with Crippen molar-refractivity contribution in [3.05, 3.63) is 29.6 Å². The standard InChI is InChI=1S/C14H19FO4/c1-14(2)18-8-13(19-14)12(17)5-3-9-7-10(15)4-6-11(9)16/h4,6-7,12-13,16-17H,3,5,8H2,1-2H3/t12?,13-/m0/s1. The third-order valence-corrected chi connectivity index (χ3v) is 3.21. The Bertz CT molecular complexity index is 447. The Morgan fingerprint density at radius 3 is 2.84 bits per heavy atom. The van der Waals surface area contributed by atoms with Gasteiger partial charge in [-0.15, -0.1) is 0 Å². The fourth-order valence-corrected chi connectivity index (χ4v) is 2.15. The molecule has 19 heavy (non-hydrogen) atoms. The van der Waals surface area contributed by atoms with Crippen molar-refractivity contribution in [2.45, 2.75) is 44.7 Å². The first-order valence-corrected chi connectivity index (χ1v) is 6.34. The molecule has 0 spiro atoms. The van der Waals surface area contributed by atoms with Crippen molar-refractivity contribution in [2.24, 2.45) is 0 Å². The van der Waals surface area contributed by atoms with Gasteiger partial charge in [-0.05, 0) is 50.5 Å². The second kappa shape index (κ2) is 5.45. The van der Waals surface area contributed by atoms with Gasteiger partial charge < -0.3 is 19.7 Å². The maximum Gasteiger partial charge on any atom is 0.163 e. The minimum absolute atomic E-state index is 0.0394. The number of halogens is 1. The molecule has 1 aliphatic heterocycles. The van der Waals surface area contributed by atoms with Crippen LogP contribution in [0.2, 0.25) is 0 Å². The summed E-state index contributed by atoms with van der Waals surface area (Å²) in [5.41, 5.74) is 0.484. The number of rotatable bonds is 4. The molecule has 1 aromatic carbocycles. The van der Waals surface area contributed by atoms with Crippen LogP contribution in [0.25, 0.3) is 0 Å². The minimum Gasteiger partial charge on any atom is -0.508 e. The molecule has 0 amide bonds. The molecule has 0 aromatic heterocycles. The quantitative estimate of drug-likeness (QED) is 0.878. The summed E-state index contributed by atoms with van der Waals surface area (Å²) in [7, 11) is 0. The van der Waals surface area contributed by atoms with E-state index in [1.54, 1.807) is 13.8 Å². The van der Waals surface area contributed by atoms with E-state index in [0.717, 1.165) is 0 Å². The lowest BCUT2D eigenvalue weighted by Gasteiger charge is -2.20. The molecule has 1 unspecified atom stereocenters. The Hall–Kier alpha value is -1.17. The van der Waals surface area contributed by atoms with E-state index in [1.807, 2.05) is 0 Å². The van der Waals surface area contributed by atoms with E-state index >= 15 is 0 Å². The molecule has 5 heteroatoms. The van der Waals surface area contributed by atoms with E-state index in [9.17, 15) is 14.6 Å². The molecule has 1 saturated heterocycles. The molecule has 2 N–H and O–H groups in total. The smallest absolute Gasteiger partial charge is 0.163 e. The van der Waals surface area contributed by atoms with Crippen molar-refractivity contribution >= 4 is 0 Å². The molecular weight excluding hydrogens is 251 g/mol. The van der Waals surface area contributed by atoms with Crippen molar-refractivity contribution in [3.8, 4) is 5.75 Å². The molecule has 1 heterocycles. The highest BCUT2D eigenvalue weighted by Crippen LogP contribution is 2.26. The van der Waals surface area contributed by atoms with Gasteiger partial charge in [0.25, 0.3) is 0 Å². The number of hydrogen-bond donors (Lipinski definition) is 2. The number of hydrogen-bond acceptors (Lipinski definition) is 4. The summed E-state index contributed by atoms with van der Waals surface area (Å²) in [6.45, 7) is 3.92. The number of aryl methyl sites for hydroxylation is 1. The lowest BCUT2D eigenvalue weighted by atomic mass is 10.0. The van der Waals surface area contributed by atoms with E-state index in [1.165, 1.54) is 18.2 Å². The molecule has 1 aromatic rings. The van der Waals surface area contributed by atoms with Crippen molar-refractivity contribution in [2.75, 3.05) is 6.61 Å². The molecule has 106 valence electrons. The lowest BCUT2D eigenvalue weighted by molar-refractivity contribution is -0.151. The first kappa shape index (κ1) is 14.2. The van der Waals surface area contributed by atoms with Crippen LogP contribution in [0.15, 0.2) is 18.2 Å². The molecule has 0 bridgehead atoms. The van der Waals surface area contributed by atoms with Gasteiger partial charge in [0.1, 0.15) is 17.7 Å². The highest BCUT2D eigenvalue weighted by molar-refractivity contribution is 5.32. The molecule has 4 nitrogen and oxygen atoms in total. The zero-order valence-corrected chi connectivity index (χ0v) is 11.1. The zero-order valence-electron chi connectivity index (χ0n) is 11.1. The van der Waals surface area contributed by atoms with E-state index < -0.39 is 17.7 Å². The molecule has 2 atom stereocenters. The minimum atomic E-state index is -0.704. The van der Waals surface area contributed by atoms with Gasteiger partial charge in [0.2, 0.25) is 0 Å². The first-order chi connectivity index (χ1) is 8.87. The van der Waals surface area contributed by atoms with Gasteiger partial charge in [-0.2, -0.15) is 0 Å². The second-order valence-corrected chi connectivity index (χ2v) is 5.25. The van der Waals surface area contributed by atoms with Gasteiger partial charge in [0.15, 0.2) is 5.79 Å². The van der Waals surface area contributed by atoms with Crippen molar-refractivity contribution in [1.29, 1.82) is 0 Å². The monoisotopic (exact) mass is 270 g/mol. The number of aromatic hydroxyl groups is 1. The largest absolute Gasteiger partial charge is 0.508 e. The van der Waals surface area contributed by atoms with Gasteiger partial charge in [0.05, 0.1) is 12.7 Å². The Kier molecular flexibility index (Phi) is 4.08. The maximum atomic E-state index is 13.1. The highest BCUT2D eigenvalue weighted by atomic mass is 19.1. The normalized spacial score (nSPS) is 23.5. The molecular formula is C14H19FO4. The summed E-state index contributed by atoms with van der Waals surface area (Å²) in [5, 5.41) is 19.6. The van der Waals surface area contributed by atoms with Crippen LogP contribution in [-0.4, -0.2) is 34.8 Å².